The lowest BCUT2D eigenvalue weighted by atomic mass is 10.1. The van der Waals surface area contributed by atoms with Crippen LogP contribution in [0.4, 0.5) is 0 Å². The van der Waals surface area contributed by atoms with Crippen LogP contribution in [-0.2, 0) is 24.0 Å². The quantitative estimate of drug-likeness (QED) is 0.159. The van der Waals surface area contributed by atoms with Crippen LogP contribution in [0, 0.1) is 0 Å². The van der Waals surface area contributed by atoms with E-state index < -0.39 is 54.2 Å². The molecule has 0 aliphatic rings. The van der Waals surface area contributed by atoms with Gasteiger partial charge in [-0.05, 0) is 18.4 Å². The summed E-state index contributed by atoms with van der Waals surface area (Å²) in [6.07, 6.45) is 1.28. The molecular weight excluding hydrogens is 400 g/mol. The Hall–Kier alpha value is -1.99. The number of thiol groups is 1. The van der Waals surface area contributed by atoms with Crippen molar-refractivity contribution in [3.63, 3.8) is 0 Å². The number of nitrogens with one attached hydrogen (secondary N) is 3. The van der Waals surface area contributed by atoms with E-state index in [0.717, 1.165) is 0 Å². The van der Waals surface area contributed by atoms with E-state index in [0.29, 0.717) is 5.75 Å². The van der Waals surface area contributed by atoms with Gasteiger partial charge in [0.1, 0.15) is 18.1 Å². The van der Waals surface area contributed by atoms with E-state index in [4.69, 9.17) is 15.9 Å². The zero-order chi connectivity index (χ0) is 21.0. The van der Waals surface area contributed by atoms with Crippen molar-refractivity contribution in [3.05, 3.63) is 0 Å². The van der Waals surface area contributed by atoms with E-state index in [2.05, 4.69) is 23.3 Å². The molecule has 3 unspecified atom stereocenters. The first-order valence-electron chi connectivity index (χ1n) is 7.80. The van der Waals surface area contributed by atoms with Crippen LogP contribution in [0.15, 0.2) is 0 Å². The first-order chi connectivity index (χ1) is 12.7. The number of rotatable bonds is 13. The minimum atomic E-state index is -1.65. The number of hydrogen-bond donors (Lipinski definition) is 7. The number of carboxylic acids is 2. The number of hydrogen-bond acceptors (Lipinski definition) is 8. The van der Waals surface area contributed by atoms with Crippen LogP contribution in [0.3, 0.4) is 0 Å². The van der Waals surface area contributed by atoms with E-state index in [9.17, 15) is 24.0 Å². The number of nitrogens with two attached hydrogens (primary N) is 1. The molecule has 0 bridgehead atoms. The van der Waals surface area contributed by atoms with Crippen LogP contribution in [-0.4, -0.2) is 82.3 Å². The van der Waals surface area contributed by atoms with Gasteiger partial charge in [0.05, 0.1) is 13.0 Å². The zero-order valence-corrected chi connectivity index (χ0v) is 16.3. The second kappa shape index (κ2) is 13.2. The number of aliphatic carboxylic acids is 2. The summed E-state index contributed by atoms with van der Waals surface area (Å²) >= 11 is 5.40. The summed E-state index contributed by atoms with van der Waals surface area (Å²) in [6, 6.07) is -3.81. The molecule has 0 spiro atoms. The van der Waals surface area contributed by atoms with E-state index in [1.165, 1.54) is 11.8 Å². The molecule has 0 aromatic heterocycles. The molecule has 0 radical (unpaired) electrons. The topological polar surface area (TPSA) is 188 Å². The summed E-state index contributed by atoms with van der Waals surface area (Å²) < 4.78 is 0. The number of carbonyl (C=O) groups excluding carboxylic acids is 3. The molecule has 13 heteroatoms. The fraction of sp³-hybridized carbons (Fsp3) is 0.643. The molecule has 0 aliphatic heterocycles. The standard InChI is InChI=1S/C14H24N4O7S2/c1-27-3-2-7(16-10(19)5-15)12(22)18-9(6-26)13(23)17-8(14(24)25)4-11(20)21/h7-9,26H,2-6,15H2,1H3,(H,16,19)(H,17,23)(H,18,22)(H,20,21)(H,24,25). The minimum absolute atomic E-state index is 0.170. The van der Waals surface area contributed by atoms with Crippen molar-refractivity contribution < 1.29 is 34.2 Å². The third kappa shape index (κ3) is 10.1. The normalized spacial score (nSPS) is 13.7. The van der Waals surface area contributed by atoms with Crippen LogP contribution in [0.1, 0.15) is 12.8 Å². The lowest BCUT2D eigenvalue weighted by Crippen LogP contribution is -2.57. The Morgan fingerprint density at radius 2 is 1.56 bits per heavy atom. The van der Waals surface area contributed by atoms with Gasteiger partial charge in [0.2, 0.25) is 17.7 Å². The molecule has 0 saturated carbocycles. The third-order valence-corrected chi connectivity index (χ3v) is 4.27. The van der Waals surface area contributed by atoms with Gasteiger partial charge in [-0.15, -0.1) is 0 Å². The summed E-state index contributed by atoms with van der Waals surface area (Å²) in [7, 11) is 0. The zero-order valence-electron chi connectivity index (χ0n) is 14.6. The monoisotopic (exact) mass is 424 g/mol. The van der Waals surface area contributed by atoms with Crippen molar-refractivity contribution in [1.82, 2.24) is 16.0 Å². The minimum Gasteiger partial charge on any atom is -0.481 e. The number of thioether (sulfide) groups is 1. The molecule has 3 amide bonds. The molecule has 0 fully saturated rings. The highest BCUT2D eigenvalue weighted by Gasteiger charge is 2.29. The van der Waals surface area contributed by atoms with E-state index in [1.807, 2.05) is 11.6 Å². The molecule has 0 saturated heterocycles. The van der Waals surface area contributed by atoms with Crippen LogP contribution in [0.2, 0.25) is 0 Å². The van der Waals surface area contributed by atoms with Crippen LogP contribution in [0.5, 0.6) is 0 Å². The van der Waals surface area contributed by atoms with Crippen molar-refractivity contribution in [2.45, 2.75) is 31.0 Å². The highest BCUT2D eigenvalue weighted by atomic mass is 32.2. The highest BCUT2D eigenvalue weighted by molar-refractivity contribution is 7.98. The van der Waals surface area contributed by atoms with Crippen LogP contribution >= 0.6 is 24.4 Å². The van der Waals surface area contributed by atoms with Gasteiger partial charge in [-0.1, -0.05) is 0 Å². The molecule has 0 aromatic carbocycles. The van der Waals surface area contributed by atoms with Gasteiger partial charge in [-0.3, -0.25) is 19.2 Å². The van der Waals surface area contributed by atoms with Crippen LogP contribution < -0.4 is 21.7 Å². The Labute approximate surface area is 165 Å². The summed E-state index contributed by atoms with van der Waals surface area (Å²) in [4.78, 5) is 57.7. The second-order valence-corrected chi connectivity index (χ2v) is 6.70. The molecule has 0 rings (SSSR count). The second-order valence-electron chi connectivity index (χ2n) is 5.35. The van der Waals surface area contributed by atoms with Gasteiger partial charge in [0.15, 0.2) is 0 Å². The van der Waals surface area contributed by atoms with Gasteiger partial charge < -0.3 is 31.9 Å². The van der Waals surface area contributed by atoms with Crippen LogP contribution in [0.25, 0.3) is 0 Å². The maximum atomic E-state index is 12.4. The fourth-order valence-corrected chi connectivity index (χ4v) is 2.60. The van der Waals surface area contributed by atoms with Gasteiger partial charge >= 0.3 is 11.9 Å². The maximum Gasteiger partial charge on any atom is 0.326 e. The van der Waals surface area contributed by atoms with Crippen molar-refractivity contribution in [1.29, 1.82) is 0 Å². The number of carbonyl (C=O) groups is 5. The molecule has 154 valence electrons. The Kier molecular flexibility index (Phi) is 12.2. The van der Waals surface area contributed by atoms with Gasteiger partial charge in [-0.25, -0.2) is 4.79 Å². The molecule has 3 atom stereocenters. The first kappa shape index (κ1) is 25.0. The average Bonchev–Trinajstić information content (AvgIpc) is 2.61. The van der Waals surface area contributed by atoms with Gasteiger partial charge in [-0.2, -0.15) is 24.4 Å². The molecule has 7 N–H and O–H groups in total. The van der Waals surface area contributed by atoms with Gasteiger partial charge in [0, 0.05) is 5.75 Å². The smallest absolute Gasteiger partial charge is 0.326 e. The lowest BCUT2D eigenvalue weighted by molar-refractivity contribution is -0.147. The van der Waals surface area contributed by atoms with Crippen molar-refractivity contribution >= 4 is 54.1 Å². The van der Waals surface area contributed by atoms with E-state index >= 15 is 0 Å². The SMILES string of the molecule is CSCCC(NC(=O)CN)C(=O)NC(CS)C(=O)NC(CC(=O)O)C(=O)O. The predicted molar refractivity (Wildman–Crippen MR) is 102 cm³/mol. The first-order valence-corrected chi connectivity index (χ1v) is 9.83. The Balaban J connectivity index is 5.04. The van der Waals surface area contributed by atoms with Gasteiger partial charge in [0.25, 0.3) is 0 Å². The number of carboxylic acid groups (broad SMARTS) is 2. The lowest BCUT2D eigenvalue weighted by Gasteiger charge is -2.23. The maximum absolute atomic E-state index is 12.4. The molecular formula is C14H24N4O7S2. The summed E-state index contributed by atoms with van der Waals surface area (Å²) in [5.74, 6) is -4.66. The Bertz CT molecular complexity index is 562. The molecule has 0 heterocycles. The highest BCUT2D eigenvalue weighted by Crippen LogP contribution is 2.03. The molecule has 11 nitrogen and oxygen atoms in total. The Morgan fingerprint density at radius 3 is 2.00 bits per heavy atom. The van der Waals surface area contributed by atoms with E-state index in [1.54, 1.807) is 0 Å². The average molecular weight is 425 g/mol. The third-order valence-electron chi connectivity index (χ3n) is 3.26. The molecule has 0 aromatic rings. The summed E-state index contributed by atoms with van der Waals surface area (Å²) in [5, 5.41) is 24.5. The van der Waals surface area contributed by atoms with E-state index in [-0.39, 0.29) is 18.7 Å². The van der Waals surface area contributed by atoms with Crippen molar-refractivity contribution in [2.24, 2.45) is 5.73 Å². The fourth-order valence-electron chi connectivity index (χ4n) is 1.87. The predicted octanol–water partition coefficient (Wildman–Crippen LogP) is -2.36. The summed E-state index contributed by atoms with van der Waals surface area (Å²) in [6.45, 7) is -0.311. The number of amides is 3. The molecule has 0 aliphatic carbocycles. The molecule has 27 heavy (non-hydrogen) atoms. The van der Waals surface area contributed by atoms with Crippen molar-refractivity contribution in [2.75, 3.05) is 24.3 Å². The Morgan fingerprint density at radius 1 is 1.00 bits per heavy atom. The summed E-state index contributed by atoms with van der Waals surface area (Å²) in [5.41, 5.74) is 5.22. The van der Waals surface area contributed by atoms with Crippen molar-refractivity contribution in [3.8, 4) is 0 Å². The largest absolute Gasteiger partial charge is 0.481 e.